The quantitative estimate of drug-likeness (QED) is 0.713. The van der Waals surface area contributed by atoms with Crippen molar-refractivity contribution in [2.24, 2.45) is 0 Å². The summed E-state index contributed by atoms with van der Waals surface area (Å²) >= 11 is 1.32. The third-order valence-electron chi connectivity index (χ3n) is 3.70. The number of methoxy groups -OCH3 is 1. The zero-order chi connectivity index (χ0) is 18.5. The summed E-state index contributed by atoms with van der Waals surface area (Å²) in [5.41, 5.74) is 2.15. The fourth-order valence-electron chi connectivity index (χ4n) is 2.21. The molecule has 0 saturated carbocycles. The van der Waals surface area contributed by atoms with Crippen LogP contribution in [0.4, 0.5) is 5.13 Å². The van der Waals surface area contributed by atoms with Crippen molar-refractivity contribution in [1.29, 1.82) is 0 Å². The number of nitrogens with zero attached hydrogens (tertiary/aromatic N) is 2. The van der Waals surface area contributed by atoms with Crippen LogP contribution in [0, 0.1) is 6.92 Å². The van der Waals surface area contributed by atoms with Crippen LogP contribution >= 0.6 is 11.3 Å². The Labute approximate surface area is 155 Å². The summed E-state index contributed by atoms with van der Waals surface area (Å²) < 4.78 is 10.7. The third kappa shape index (κ3) is 4.37. The van der Waals surface area contributed by atoms with Crippen molar-refractivity contribution in [1.82, 2.24) is 10.2 Å². The van der Waals surface area contributed by atoms with Gasteiger partial charge in [0, 0.05) is 5.56 Å². The van der Waals surface area contributed by atoms with E-state index in [1.807, 2.05) is 31.2 Å². The summed E-state index contributed by atoms with van der Waals surface area (Å²) in [6.45, 7) is 3.71. The molecule has 0 aliphatic carbocycles. The molecule has 0 aliphatic heterocycles. The highest BCUT2D eigenvalue weighted by Gasteiger charge is 2.17. The van der Waals surface area contributed by atoms with Crippen molar-refractivity contribution in [3.8, 4) is 22.1 Å². The molecule has 0 aliphatic rings. The molecular weight excluding hydrogens is 350 g/mol. The predicted octanol–water partition coefficient (Wildman–Crippen LogP) is 3.93. The summed E-state index contributed by atoms with van der Waals surface area (Å²) in [6, 6.07) is 15.1. The second kappa shape index (κ2) is 7.97. The van der Waals surface area contributed by atoms with Crippen LogP contribution in [0.2, 0.25) is 0 Å². The van der Waals surface area contributed by atoms with Gasteiger partial charge in [-0.1, -0.05) is 41.2 Å². The Kier molecular flexibility index (Phi) is 5.48. The van der Waals surface area contributed by atoms with Crippen LogP contribution in [0.15, 0.2) is 48.5 Å². The number of ether oxygens (including phenoxy) is 2. The third-order valence-corrected chi connectivity index (χ3v) is 4.58. The smallest absolute Gasteiger partial charge is 0.266 e. The van der Waals surface area contributed by atoms with E-state index in [-0.39, 0.29) is 5.91 Å². The van der Waals surface area contributed by atoms with E-state index in [1.54, 1.807) is 38.3 Å². The fourth-order valence-corrected chi connectivity index (χ4v) is 2.96. The van der Waals surface area contributed by atoms with Crippen molar-refractivity contribution in [3.63, 3.8) is 0 Å². The molecule has 3 rings (SSSR count). The highest BCUT2D eigenvalue weighted by atomic mass is 32.1. The van der Waals surface area contributed by atoms with Gasteiger partial charge >= 0.3 is 0 Å². The summed E-state index contributed by atoms with van der Waals surface area (Å²) in [5.74, 6) is 1.03. The van der Waals surface area contributed by atoms with E-state index in [2.05, 4.69) is 15.5 Å². The Morgan fingerprint density at radius 3 is 2.35 bits per heavy atom. The Hall–Kier alpha value is -2.93. The summed E-state index contributed by atoms with van der Waals surface area (Å²) in [4.78, 5) is 12.3. The molecule has 0 fully saturated rings. The molecule has 1 N–H and O–H groups in total. The maximum atomic E-state index is 12.3. The summed E-state index contributed by atoms with van der Waals surface area (Å²) in [5, 5.41) is 12.1. The standard InChI is InChI=1S/C19H19N3O3S/c1-12-4-6-14(7-5-12)18-21-22-19(26-18)20-17(23)13(2)25-16-10-8-15(24-3)9-11-16/h4-11,13H,1-3H3,(H,20,22,23). The first kappa shape index (κ1) is 17.9. The van der Waals surface area contributed by atoms with Gasteiger partial charge in [0.1, 0.15) is 16.5 Å². The number of nitrogens with one attached hydrogen (secondary N) is 1. The number of carbonyl (C=O) groups excluding carboxylic acids is 1. The SMILES string of the molecule is COc1ccc(OC(C)C(=O)Nc2nnc(-c3ccc(C)cc3)s2)cc1. The van der Waals surface area contributed by atoms with E-state index in [9.17, 15) is 4.79 Å². The van der Waals surface area contributed by atoms with Crippen LogP contribution in [0.25, 0.3) is 10.6 Å². The largest absolute Gasteiger partial charge is 0.497 e. The summed E-state index contributed by atoms with van der Waals surface area (Å²) in [6.07, 6.45) is -0.671. The van der Waals surface area contributed by atoms with E-state index >= 15 is 0 Å². The number of aryl methyl sites for hydroxylation is 1. The van der Waals surface area contributed by atoms with Crippen LogP contribution in [-0.4, -0.2) is 29.3 Å². The zero-order valence-electron chi connectivity index (χ0n) is 14.7. The number of hydrogen-bond donors (Lipinski definition) is 1. The first-order chi connectivity index (χ1) is 12.5. The molecule has 1 amide bonds. The summed E-state index contributed by atoms with van der Waals surface area (Å²) in [7, 11) is 1.60. The molecule has 1 unspecified atom stereocenters. The number of hydrogen-bond acceptors (Lipinski definition) is 6. The van der Waals surface area contributed by atoms with Gasteiger partial charge in [-0.2, -0.15) is 0 Å². The van der Waals surface area contributed by atoms with E-state index in [1.165, 1.54) is 16.9 Å². The van der Waals surface area contributed by atoms with Crippen LogP contribution in [-0.2, 0) is 4.79 Å². The number of benzene rings is 2. The van der Waals surface area contributed by atoms with Crippen molar-refractivity contribution in [3.05, 3.63) is 54.1 Å². The van der Waals surface area contributed by atoms with Gasteiger partial charge in [-0.3, -0.25) is 10.1 Å². The number of anilines is 1. The molecule has 3 aromatic rings. The van der Waals surface area contributed by atoms with Crippen molar-refractivity contribution in [2.75, 3.05) is 12.4 Å². The minimum atomic E-state index is -0.671. The Morgan fingerprint density at radius 2 is 1.69 bits per heavy atom. The van der Waals surface area contributed by atoms with E-state index in [0.717, 1.165) is 16.3 Å². The molecule has 134 valence electrons. The lowest BCUT2D eigenvalue weighted by Gasteiger charge is -2.13. The predicted molar refractivity (Wildman–Crippen MR) is 102 cm³/mol. The average Bonchev–Trinajstić information content (AvgIpc) is 3.11. The Balaban J connectivity index is 1.61. The van der Waals surface area contributed by atoms with E-state index < -0.39 is 6.10 Å². The molecule has 0 bridgehead atoms. The first-order valence-electron chi connectivity index (χ1n) is 8.07. The van der Waals surface area contributed by atoms with Gasteiger partial charge in [0.15, 0.2) is 6.10 Å². The number of rotatable bonds is 6. The molecule has 0 spiro atoms. The van der Waals surface area contributed by atoms with Crippen LogP contribution in [0.3, 0.4) is 0 Å². The number of carbonyl (C=O) groups is 1. The highest BCUT2D eigenvalue weighted by Crippen LogP contribution is 2.26. The topological polar surface area (TPSA) is 73.3 Å². The average molecular weight is 369 g/mol. The Bertz CT molecular complexity index is 876. The fraction of sp³-hybridized carbons (Fsp3) is 0.211. The molecule has 2 aromatic carbocycles. The minimum absolute atomic E-state index is 0.285. The van der Waals surface area contributed by atoms with Crippen molar-refractivity contribution < 1.29 is 14.3 Å². The zero-order valence-corrected chi connectivity index (χ0v) is 15.5. The van der Waals surface area contributed by atoms with Gasteiger partial charge in [-0.05, 0) is 38.1 Å². The molecular formula is C19H19N3O3S. The van der Waals surface area contributed by atoms with Gasteiger partial charge in [0.2, 0.25) is 5.13 Å². The van der Waals surface area contributed by atoms with Gasteiger partial charge < -0.3 is 9.47 Å². The molecule has 1 aromatic heterocycles. The molecule has 7 heteroatoms. The lowest BCUT2D eigenvalue weighted by Crippen LogP contribution is -2.30. The second-order valence-electron chi connectivity index (χ2n) is 5.70. The van der Waals surface area contributed by atoms with Gasteiger partial charge in [0.05, 0.1) is 7.11 Å². The lowest BCUT2D eigenvalue weighted by atomic mass is 10.2. The van der Waals surface area contributed by atoms with Gasteiger partial charge in [0.25, 0.3) is 5.91 Å². The molecule has 1 heterocycles. The van der Waals surface area contributed by atoms with E-state index in [0.29, 0.717) is 10.9 Å². The number of amides is 1. The maximum Gasteiger partial charge on any atom is 0.266 e. The number of aromatic nitrogens is 2. The van der Waals surface area contributed by atoms with Gasteiger partial charge in [-0.15, -0.1) is 10.2 Å². The molecule has 0 radical (unpaired) electrons. The van der Waals surface area contributed by atoms with Gasteiger partial charge in [-0.25, -0.2) is 0 Å². The maximum absolute atomic E-state index is 12.3. The molecule has 1 atom stereocenters. The normalized spacial score (nSPS) is 11.7. The van der Waals surface area contributed by atoms with E-state index in [4.69, 9.17) is 9.47 Å². The Morgan fingerprint density at radius 1 is 1.04 bits per heavy atom. The lowest BCUT2D eigenvalue weighted by molar-refractivity contribution is -0.122. The molecule has 26 heavy (non-hydrogen) atoms. The first-order valence-corrected chi connectivity index (χ1v) is 8.89. The molecule has 6 nitrogen and oxygen atoms in total. The van der Waals surface area contributed by atoms with Crippen LogP contribution < -0.4 is 14.8 Å². The second-order valence-corrected chi connectivity index (χ2v) is 6.68. The van der Waals surface area contributed by atoms with Crippen molar-refractivity contribution in [2.45, 2.75) is 20.0 Å². The van der Waals surface area contributed by atoms with Crippen LogP contribution in [0.5, 0.6) is 11.5 Å². The molecule has 0 saturated heterocycles. The van der Waals surface area contributed by atoms with Crippen LogP contribution in [0.1, 0.15) is 12.5 Å². The monoisotopic (exact) mass is 369 g/mol. The minimum Gasteiger partial charge on any atom is -0.497 e. The highest BCUT2D eigenvalue weighted by molar-refractivity contribution is 7.18. The van der Waals surface area contributed by atoms with Crippen molar-refractivity contribution >= 4 is 22.4 Å².